The first-order valence-corrected chi connectivity index (χ1v) is 8.28. The predicted molar refractivity (Wildman–Crippen MR) is 91.7 cm³/mol. The number of morpholine rings is 1. The fourth-order valence-corrected chi connectivity index (χ4v) is 2.96. The maximum absolute atomic E-state index is 13.9. The van der Waals surface area contributed by atoms with Crippen LogP contribution in [0.5, 0.6) is 5.75 Å². The second kappa shape index (κ2) is 7.61. The average molecular weight is 344 g/mol. The molecule has 5 nitrogen and oxygen atoms in total. The van der Waals surface area contributed by atoms with Gasteiger partial charge >= 0.3 is 0 Å². The maximum atomic E-state index is 13.9. The van der Waals surface area contributed by atoms with Crippen LogP contribution in [-0.2, 0) is 9.53 Å². The van der Waals surface area contributed by atoms with Gasteiger partial charge in [0.05, 0.1) is 12.2 Å². The fraction of sp³-hybridized carbons (Fsp3) is 0.368. The fourth-order valence-electron chi connectivity index (χ4n) is 2.96. The average Bonchev–Trinajstić information content (AvgIpc) is 2.59. The van der Waals surface area contributed by atoms with Gasteiger partial charge in [-0.2, -0.15) is 0 Å². The summed E-state index contributed by atoms with van der Waals surface area (Å²) in [6, 6.07) is 8.02. The molecular formula is C19H21FN2O3. The van der Waals surface area contributed by atoms with Crippen molar-refractivity contribution in [3.05, 3.63) is 48.5 Å². The van der Waals surface area contributed by atoms with Crippen LogP contribution in [0.3, 0.4) is 0 Å². The van der Waals surface area contributed by atoms with Gasteiger partial charge in [-0.3, -0.25) is 9.78 Å². The number of halogens is 1. The van der Waals surface area contributed by atoms with E-state index in [1.165, 1.54) is 12.1 Å². The molecule has 132 valence electrons. The molecule has 25 heavy (non-hydrogen) atoms. The summed E-state index contributed by atoms with van der Waals surface area (Å²) in [5, 5.41) is 0. The number of hydrogen-bond donors (Lipinski definition) is 0. The third kappa shape index (κ3) is 4.54. The number of rotatable bonds is 4. The summed E-state index contributed by atoms with van der Waals surface area (Å²) < 4.78 is 25.0. The minimum Gasteiger partial charge on any atom is -0.484 e. The topological polar surface area (TPSA) is 51.7 Å². The van der Waals surface area contributed by atoms with Crippen LogP contribution in [0.4, 0.5) is 4.39 Å². The normalized spacial score (nSPS) is 20.4. The third-order valence-electron chi connectivity index (χ3n) is 4.00. The first kappa shape index (κ1) is 17.4. The predicted octanol–water partition coefficient (Wildman–Crippen LogP) is 2.90. The molecule has 0 aliphatic carbocycles. The van der Waals surface area contributed by atoms with Crippen LogP contribution in [0.25, 0.3) is 11.1 Å². The molecule has 1 aromatic carbocycles. The van der Waals surface area contributed by atoms with Gasteiger partial charge in [-0.15, -0.1) is 0 Å². The van der Waals surface area contributed by atoms with Crippen molar-refractivity contribution >= 4 is 5.91 Å². The van der Waals surface area contributed by atoms with Gasteiger partial charge in [0.15, 0.2) is 6.61 Å². The van der Waals surface area contributed by atoms with Crippen LogP contribution in [0, 0.1) is 5.82 Å². The zero-order chi connectivity index (χ0) is 17.8. The van der Waals surface area contributed by atoms with Crippen molar-refractivity contribution < 1.29 is 18.7 Å². The monoisotopic (exact) mass is 344 g/mol. The highest BCUT2D eigenvalue weighted by atomic mass is 19.1. The van der Waals surface area contributed by atoms with Gasteiger partial charge in [-0.25, -0.2) is 4.39 Å². The molecule has 1 amide bonds. The molecule has 1 aliphatic heterocycles. The zero-order valence-electron chi connectivity index (χ0n) is 14.3. The lowest BCUT2D eigenvalue weighted by Gasteiger charge is -2.35. The highest BCUT2D eigenvalue weighted by Crippen LogP contribution is 2.25. The van der Waals surface area contributed by atoms with Crippen molar-refractivity contribution in [2.45, 2.75) is 26.1 Å². The zero-order valence-corrected chi connectivity index (χ0v) is 14.3. The molecule has 1 fully saturated rings. The Morgan fingerprint density at radius 1 is 1.28 bits per heavy atom. The Bertz CT molecular complexity index is 729. The number of carbonyl (C=O) groups excluding carboxylic acids is 1. The van der Waals surface area contributed by atoms with Gasteiger partial charge in [-0.05, 0) is 37.6 Å². The van der Waals surface area contributed by atoms with Crippen LogP contribution < -0.4 is 4.74 Å². The van der Waals surface area contributed by atoms with E-state index < -0.39 is 5.82 Å². The van der Waals surface area contributed by atoms with E-state index in [0.29, 0.717) is 24.4 Å². The van der Waals surface area contributed by atoms with Crippen LogP contribution in [0.2, 0.25) is 0 Å². The van der Waals surface area contributed by atoms with E-state index in [2.05, 4.69) is 4.98 Å². The van der Waals surface area contributed by atoms with Crippen molar-refractivity contribution in [3.63, 3.8) is 0 Å². The van der Waals surface area contributed by atoms with Crippen molar-refractivity contribution in [2.24, 2.45) is 0 Å². The minimum absolute atomic E-state index is 0.000877. The number of nitrogens with zero attached hydrogens (tertiary/aromatic N) is 2. The first-order valence-electron chi connectivity index (χ1n) is 8.28. The van der Waals surface area contributed by atoms with E-state index >= 15 is 0 Å². The Morgan fingerprint density at radius 2 is 2.04 bits per heavy atom. The Labute approximate surface area is 146 Å². The molecule has 0 bridgehead atoms. The van der Waals surface area contributed by atoms with E-state index in [1.54, 1.807) is 29.4 Å². The second-order valence-corrected chi connectivity index (χ2v) is 6.26. The molecule has 0 saturated carbocycles. The van der Waals surface area contributed by atoms with E-state index in [0.717, 1.165) is 5.56 Å². The summed E-state index contributed by atoms with van der Waals surface area (Å²) in [6.45, 7) is 4.82. The number of hydrogen-bond acceptors (Lipinski definition) is 4. The summed E-state index contributed by atoms with van der Waals surface area (Å²) in [6.07, 6.45) is 3.31. The highest BCUT2D eigenvalue weighted by molar-refractivity contribution is 5.78. The van der Waals surface area contributed by atoms with Crippen LogP contribution in [0.15, 0.2) is 42.7 Å². The Morgan fingerprint density at radius 3 is 2.72 bits per heavy atom. The SMILES string of the molecule is C[C@@H]1CN(C(=O)COc2cc(F)cc(-c3cccnc3)c2)C[C@H](C)O1. The van der Waals surface area contributed by atoms with E-state index in [1.807, 2.05) is 19.9 Å². The van der Waals surface area contributed by atoms with Crippen molar-refractivity contribution in [2.75, 3.05) is 19.7 Å². The molecule has 0 unspecified atom stereocenters. The lowest BCUT2D eigenvalue weighted by Crippen LogP contribution is -2.49. The van der Waals surface area contributed by atoms with Crippen LogP contribution in [-0.4, -0.2) is 47.7 Å². The number of amides is 1. The van der Waals surface area contributed by atoms with E-state index in [9.17, 15) is 9.18 Å². The molecule has 2 atom stereocenters. The molecule has 2 heterocycles. The van der Waals surface area contributed by atoms with Crippen molar-refractivity contribution in [3.8, 4) is 16.9 Å². The van der Waals surface area contributed by atoms with Crippen LogP contribution in [0.1, 0.15) is 13.8 Å². The highest BCUT2D eigenvalue weighted by Gasteiger charge is 2.26. The Kier molecular flexibility index (Phi) is 5.28. The molecule has 1 saturated heterocycles. The molecule has 6 heteroatoms. The summed E-state index contributed by atoms with van der Waals surface area (Å²) in [4.78, 5) is 18.1. The molecule has 2 aromatic rings. The smallest absolute Gasteiger partial charge is 0.260 e. The summed E-state index contributed by atoms with van der Waals surface area (Å²) in [5.41, 5.74) is 1.44. The lowest BCUT2D eigenvalue weighted by atomic mass is 10.1. The summed E-state index contributed by atoms with van der Waals surface area (Å²) >= 11 is 0. The molecule has 0 radical (unpaired) electrons. The number of carbonyl (C=O) groups is 1. The molecule has 1 aromatic heterocycles. The van der Waals surface area contributed by atoms with Crippen LogP contribution >= 0.6 is 0 Å². The Balaban J connectivity index is 1.67. The van der Waals surface area contributed by atoms with Gasteiger partial charge < -0.3 is 14.4 Å². The van der Waals surface area contributed by atoms with E-state index in [4.69, 9.17) is 9.47 Å². The van der Waals surface area contributed by atoms with Crippen molar-refractivity contribution in [1.82, 2.24) is 9.88 Å². The quantitative estimate of drug-likeness (QED) is 0.856. The van der Waals surface area contributed by atoms with E-state index in [-0.39, 0.29) is 24.7 Å². The van der Waals surface area contributed by atoms with Gasteiger partial charge in [0.1, 0.15) is 11.6 Å². The number of pyridine rings is 1. The largest absolute Gasteiger partial charge is 0.484 e. The van der Waals surface area contributed by atoms with Gasteiger partial charge in [-0.1, -0.05) is 6.07 Å². The van der Waals surface area contributed by atoms with Crippen molar-refractivity contribution in [1.29, 1.82) is 0 Å². The second-order valence-electron chi connectivity index (χ2n) is 6.26. The first-order chi connectivity index (χ1) is 12.0. The number of ether oxygens (including phenoxy) is 2. The van der Waals surface area contributed by atoms with Gasteiger partial charge in [0.2, 0.25) is 0 Å². The number of aromatic nitrogens is 1. The molecule has 0 spiro atoms. The molecule has 1 aliphatic rings. The van der Waals surface area contributed by atoms with Gasteiger partial charge in [0, 0.05) is 37.1 Å². The third-order valence-corrected chi connectivity index (χ3v) is 4.00. The molecular weight excluding hydrogens is 323 g/mol. The maximum Gasteiger partial charge on any atom is 0.260 e. The number of benzene rings is 1. The standard InChI is InChI=1S/C19H21FN2O3/c1-13-10-22(11-14(2)25-13)19(23)12-24-18-7-16(6-17(20)8-18)15-4-3-5-21-9-15/h3-9,13-14H,10-12H2,1-2H3/t13-,14+. The summed E-state index contributed by atoms with van der Waals surface area (Å²) in [5.74, 6) is -0.229. The minimum atomic E-state index is -0.419. The molecule has 3 rings (SSSR count). The van der Waals surface area contributed by atoms with Gasteiger partial charge in [0.25, 0.3) is 5.91 Å². The Hall–Kier alpha value is -2.47. The molecule has 0 N–H and O–H groups in total. The lowest BCUT2D eigenvalue weighted by molar-refractivity contribution is -0.145. The summed E-state index contributed by atoms with van der Waals surface area (Å²) in [7, 11) is 0.